The van der Waals surface area contributed by atoms with Gasteiger partial charge in [-0.15, -0.1) is 0 Å². The molecule has 1 amide bonds. The van der Waals surface area contributed by atoms with Gasteiger partial charge in [-0.25, -0.2) is 13.8 Å². The fourth-order valence-corrected chi connectivity index (χ4v) is 3.81. The first-order valence-corrected chi connectivity index (χ1v) is 9.75. The number of alkyl halides is 2. The van der Waals surface area contributed by atoms with Gasteiger partial charge in [0.2, 0.25) is 0 Å². The Labute approximate surface area is 171 Å². The normalized spacial score (nSPS) is 15.1. The topological polar surface area (TPSA) is 80.2 Å². The smallest absolute Gasteiger partial charge is 0.280 e. The Bertz CT molecular complexity index is 1120. The maximum atomic E-state index is 12.9. The van der Waals surface area contributed by atoms with E-state index < -0.39 is 17.7 Å². The second-order valence-electron chi connectivity index (χ2n) is 7.48. The lowest BCUT2D eigenvalue weighted by Gasteiger charge is -2.32. The fourth-order valence-electron chi connectivity index (χ4n) is 3.81. The summed E-state index contributed by atoms with van der Waals surface area (Å²) in [5, 5.41) is 0.938. The molecule has 1 aromatic carbocycles. The minimum atomic E-state index is -2.76. The summed E-state index contributed by atoms with van der Waals surface area (Å²) in [6.45, 7) is 1.54. The number of hydrogen-bond donors (Lipinski definition) is 1. The number of nitrogens with zero attached hydrogens (tertiary/aromatic N) is 3. The van der Waals surface area contributed by atoms with Crippen molar-refractivity contribution in [3.8, 4) is 5.75 Å². The zero-order valence-electron chi connectivity index (χ0n) is 16.5. The van der Waals surface area contributed by atoms with Gasteiger partial charge in [-0.05, 0) is 37.0 Å². The molecule has 0 bridgehead atoms. The quantitative estimate of drug-likeness (QED) is 0.693. The Hall–Kier alpha value is -3.23. The molecule has 1 fully saturated rings. The molecule has 30 heavy (non-hydrogen) atoms. The largest absolute Gasteiger partial charge is 0.497 e. The van der Waals surface area contributed by atoms with Crippen molar-refractivity contribution in [2.75, 3.05) is 20.2 Å². The molecule has 4 rings (SSSR count). The minimum Gasteiger partial charge on any atom is -0.497 e. The van der Waals surface area contributed by atoms with Gasteiger partial charge < -0.3 is 14.6 Å². The van der Waals surface area contributed by atoms with Crippen LogP contribution in [0.25, 0.3) is 10.9 Å². The van der Waals surface area contributed by atoms with Crippen LogP contribution < -0.4 is 10.3 Å². The van der Waals surface area contributed by atoms with Crippen molar-refractivity contribution >= 4 is 16.8 Å². The summed E-state index contributed by atoms with van der Waals surface area (Å²) in [5.41, 5.74) is 0.381. The SMILES string of the molecule is COc1ccc2cc(C(=O)N3CCC(Cn4cnc(C(F)F)cc4=O)CC3)[nH]c2c1. The van der Waals surface area contributed by atoms with Crippen molar-refractivity contribution in [3.63, 3.8) is 0 Å². The summed E-state index contributed by atoms with van der Waals surface area (Å²) >= 11 is 0. The van der Waals surface area contributed by atoms with Crippen LogP contribution in [0.2, 0.25) is 0 Å². The molecule has 0 unspecified atom stereocenters. The predicted octanol–water partition coefficient (Wildman–Crippen LogP) is 3.22. The van der Waals surface area contributed by atoms with Gasteiger partial charge in [0, 0.05) is 42.7 Å². The minimum absolute atomic E-state index is 0.0660. The van der Waals surface area contributed by atoms with Crippen LogP contribution in [-0.4, -0.2) is 45.5 Å². The molecule has 0 saturated carbocycles. The van der Waals surface area contributed by atoms with E-state index in [1.807, 2.05) is 24.3 Å². The molecule has 1 saturated heterocycles. The molecule has 2 aromatic heterocycles. The number of likely N-dealkylation sites (tertiary alicyclic amines) is 1. The Morgan fingerprint density at radius 2 is 2.03 bits per heavy atom. The van der Waals surface area contributed by atoms with Gasteiger partial charge in [0.05, 0.1) is 13.4 Å². The maximum absolute atomic E-state index is 12.9. The molecule has 158 valence electrons. The molecule has 7 nitrogen and oxygen atoms in total. The third-order valence-corrected chi connectivity index (χ3v) is 5.54. The highest BCUT2D eigenvalue weighted by Crippen LogP contribution is 2.24. The third-order valence-electron chi connectivity index (χ3n) is 5.54. The van der Waals surface area contributed by atoms with Crippen molar-refractivity contribution in [1.29, 1.82) is 0 Å². The van der Waals surface area contributed by atoms with Crippen LogP contribution >= 0.6 is 0 Å². The number of aromatic amines is 1. The number of benzene rings is 1. The lowest BCUT2D eigenvalue weighted by Crippen LogP contribution is -2.40. The van der Waals surface area contributed by atoms with E-state index >= 15 is 0 Å². The molecule has 0 spiro atoms. The van der Waals surface area contributed by atoms with Crippen molar-refractivity contribution in [2.45, 2.75) is 25.8 Å². The molecular formula is C21H22F2N4O3. The summed E-state index contributed by atoms with van der Waals surface area (Å²) in [6.07, 6.45) is -0.126. The molecule has 1 N–H and O–H groups in total. The summed E-state index contributed by atoms with van der Waals surface area (Å²) in [7, 11) is 1.59. The molecule has 0 atom stereocenters. The van der Waals surface area contributed by atoms with Crippen molar-refractivity contribution in [3.05, 3.63) is 58.4 Å². The van der Waals surface area contributed by atoms with Crippen molar-refractivity contribution in [1.82, 2.24) is 19.4 Å². The summed E-state index contributed by atoms with van der Waals surface area (Å²) in [6, 6.07) is 8.32. The van der Waals surface area contributed by atoms with Crippen LogP contribution in [0.3, 0.4) is 0 Å². The van der Waals surface area contributed by atoms with E-state index in [0.29, 0.717) is 25.3 Å². The number of halogens is 2. The first-order chi connectivity index (χ1) is 14.4. The highest BCUT2D eigenvalue weighted by atomic mass is 19.3. The Kier molecular flexibility index (Phi) is 5.52. The average Bonchev–Trinajstić information content (AvgIpc) is 3.18. The molecule has 1 aliphatic heterocycles. The monoisotopic (exact) mass is 416 g/mol. The van der Waals surface area contributed by atoms with Gasteiger partial charge in [0.1, 0.15) is 17.1 Å². The molecular weight excluding hydrogens is 394 g/mol. The number of nitrogens with one attached hydrogen (secondary N) is 1. The number of ether oxygens (including phenoxy) is 1. The number of carbonyl (C=O) groups is 1. The molecule has 3 heterocycles. The van der Waals surface area contributed by atoms with Crippen molar-refractivity contribution < 1.29 is 18.3 Å². The number of rotatable bonds is 5. The van der Waals surface area contributed by atoms with E-state index in [9.17, 15) is 18.4 Å². The van der Waals surface area contributed by atoms with Gasteiger partial charge in [0.25, 0.3) is 17.9 Å². The standard InChI is InChI=1S/C21H22F2N4O3/c1-30-15-3-2-14-8-18(25-16(14)9-15)21(29)26-6-4-13(5-7-26)11-27-12-24-17(20(22)23)10-19(27)28/h2-3,8-10,12-13,20,25H,4-7,11H2,1H3. The summed E-state index contributed by atoms with van der Waals surface area (Å²) < 4.78 is 31.9. The van der Waals surface area contributed by atoms with E-state index in [0.717, 1.165) is 35.6 Å². The lowest BCUT2D eigenvalue weighted by atomic mass is 9.96. The molecule has 9 heteroatoms. The maximum Gasteiger partial charge on any atom is 0.280 e. The van der Waals surface area contributed by atoms with E-state index in [4.69, 9.17) is 4.74 Å². The van der Waals surface area contributed by atoms with Gasteiger partial charge in [0.15, 0.2) is 0 Å². The first kappa shape index (κ1) is 20.1. The van der Waals surface area contributed by atoms with E-state index in [1.165, 1.54) is 10.9 Å². The molecule has 3 aromatic rings. The molecule has 1 aliphatic rings. The van der Waals surface area contributed by atoms with Gasteiger partial charge in [-0.1, -0.05) is 0 Å². The zero-order valence-corrected chi connectivity index (χ0v) is 16.5. The third kappa shape index (κ3) is 4.05. The summed E-state index contributed by atoms with van der Waals surface area (Å²) in [4.78, 5) is 33.5. The highest BCUT2D eigenvalue weighted by Gasteiger charge is 2.25. The zero-order chi connectivity index (χ0) is 21.3. The summed E-state index contributed by atoms with van der Waals surface area (Å²) in [5.74, 6) is 0.831. The van der Waals surface area contributed by atoms with E-state index in [2.05, 4.69) is 9.97 Å². The van der Waals surface area contributed by atoms with Crippen molar-refractivity contribution in [2.24, 2.45) is 5.92 Å². The van der Waals surface area contributed by atoms with Gasteiger partial charge in [-0.2, -0.15) is 0 Å². The number of H-pyrrole nitrogens is 1. The number of aromatic nitrogens is 3. The van der Waals surface area contributed by atoms with Crippen LogP contribution in [-0.2, 0) is 6.54 Å². The average molecular weight is 416 g/mol. The van der Waals surface area contributed by atoms with Crippen LogP contribution in [0.1, 0.15) is 35.4 Å². The van der Waals surface area contributed by atoms with Gasteiger partial charge in [-0.3, -0.25) is 14.2 Å². The van der Waals surface area contributed by atoms with Crippen LogP contribution in [0, 0.1) is 5.92 Å². The molecule has 0 radical (unpaired) electrons. The predicted molar refractivity (Wildman–Crippen MR) is 107 cm³/mol. The second-order valence-corrected chi connectivity index (χ2v) is 7.48. The number of piperidine rings is 1. The Morgan fingerprint density at radius 1 is 1.27 bits per heavy atom. The number of amides is 1. The number of carbonyl (C=O) groups excluding carboxylic acids is 1. The Balaban J connectivity index is 1.38. The molecule has 0 aliphatic carbocycles. The van der Waals surface area contributed by atoms with Crippen LogP contribution in [0.15, 0.2) is 41.5 Å². The van der Waals surface area contributed by atoms with Gasteiger partial charge >= 0.3 is 0 Å². The van der Waals surface area contributed by atoms with E-state index in [-0.39, 0.29) is 11.8 Å². The van der Waals surface area contributed by atoms with Crippen LogP contribution in [0.5, 0.6) is 5.75 Å². The second kappa shape index (κ2) is 8.25. The highest BCUT2D eigenvalue weighted by molar-refractivity contribution is 5.98. The number of fused-ring (bicyclic) bond motifs is 1. The number of hydrogen-bond acceptors (Lipinski definition) is 4. The fraction of sp³-hybridized carbons (Fsp3) is 0.381. The number of methoxy groups -OCH3 is 1. The van der Waals surface area contributed by atoms with Crippen LogP contribution in [0.4, 0.5) is 8.78 Å². The first-order valence-electron chi connectivity index (χ1n) is 9.75. The lowest BCUT2D eigenvalue weighted by molar-refractivity contribution is 0.0677. The van der Waals surface area contributed by atoms with E-state index in [1.54, 1.807) is 12.0 Å². The Morgan fingerprint density at radius 3 is 2.70 bits per heavy atom.